The third-order valence-electron chi connectivity index (χ3n) is 5.66. The highest BCUT2D eigenvalue weighted by Crippen LogP contribution is 2.34. The molecule has 1 aliphatic heterocycles. The van der Waals surface area contributed by atoms with Crippen LogP contribution in [-0.2, 0) is 25.8 Å². The molecule has 0 spiro atoms. The average Bonchev–Trinajstić information content (AvgIpc) is 3.07. The van der Waals surface area contributed by atoms with E-state index in [1.807, 2.05) is 38.1 Å². The van der Waals surface area contributed by atoms with Crippen molar-refractivity contribution in [1.82, 2.24) is 0 Å². The van der Waals surface area contributed by atoms with Crippen LogP contribution < -0.4 is 10.2 Å². The van der Waals surface area contributed by atoms with Crippen LogP contribution in [0.1, 0.15) is 57.6 Å². The molecule has 3 rings (SSSR count). The highest BCUT2D eigenvalue weighted by molar-refractivity contribution is 7.91. The first-order valence-corrected chi connectivity index (χ1v) is 12.3. The maximum Gasteiger partial charge on any atom is 0.226 e. The number of nitrogens with one attached hydrogen (secondary N) is 1. The van der Waals surface area contributed by atoms with Gasteiger partial charge in [0.2, 0.25) is 11.8 Å². The fourth-order valence-corrected chi connectivity index (χ4v) is 5.16. The van der Waals surface area contributed by atoms with Crippen LogP contribution in [0.3, 0.4) is 0 Å². The molecule has 0 fully saturated rings. The first-order valence-electron chi connectivity index (χ1n) is 10.7. The Balaban J connectivity index is 1.65. The van der Waals surface area contributed by atoms with E-state index in [1.165, 1.54) is 11.6 Å². The third kappa shape index (κ3) is 5.15. The summed E-state index contributed by atoms with van der Waals surface area (Å²) in [5.41, 5.74) is 3.45. The summed E-state index contributed by atoms with van der Waals surface area (Å²) in [5.74, 6) is -0.179. The van der Waals surface area contributed by atoms with Gasteiger partial charge in [-0.2, -0.15) is 0 Å². The molecule has 31 heavy (non-hydrogen) atoms. The van der Waals surface area contributed by atoms with Crippen LogP contribution in [0.5, 0.6) is 0 Å². The van der Waals surface area contributed by atoms with Crippen LogP contribution in [0.25, 0.3) is 0 Å². The number of nitrogens with zero attached hydrogens (tertiary/aromatic N) is 1. The van der Waals surface area contributed by atoms with E-state index in [1.54, 1.807) is 17.0 Å². The molecule has 0 aromatic heterocycles. The van der Waals surface area contributed by atoms with E-state index in [2.05, 4.69) is 19.2 Å². The van der Waals surface area contributed by atoms with Gasteiger partial charge in [-0.1, -0.05) is 32.9 Å². The van der Waals surface area contributed by atoms with Crippen LogP contribution in [-0.4, -0.2) is 32.0 Å². The summed E-state index contributed by atoms with van der Waals surface area (Å²) in [5, 5.41) is 2.76. The van der Waals surface area contributed by atoms with Crippen molar-refractivity contribution in [2.45, 2.75) is 63.8 Å². The van der Waals surface area contributed by atoms with E-state index in [0.717, 1.165) is 11.3 Å². The van der Waals surface area contributed by atoms with Gasteiger partial charge in [0, 0.05) is 30.3 Å². The Bertz CT molecular complexity index is 1080. The van der Waals surface area contributed by atoms with Gasteiger partial charge in [0.25, 0.3) is 0 Å². The van der Waals surface area contributed by atoms with E-state index in [-0.39, 0.29) is 34.9 Å². The lowest BCUT2D eigenvalue weighted by atomic mass is 10.0. The number of carbonyl (C=O) groups excluding carboxylic acids is 2. The maximum absolute atomic E-state index is 12.8. The molecule has 7 heteroatoms. The smallest absolute Gasteiger partial charge is 0.226 e. The van der Waals surface area contributed by atoms with Gasteiger partial charge < -0.3 is 10.2 Å². The minimum Gasteiger partial charge on any atom is -0.326 e. The first kappa shape index (κ1) is 23.0. The van der Waals surface area contributed by atoms with Gasteiger partial charge in [0.05, 0.1) is 10.6 Å². The zero-order valence-electron chi connectivity index (χ0n) is 18.5. The van der Waals surface area contributed by atoms with E-state index >= 15 is 0 Å². The molecule has 6 nitrogen and oxygen atoms in total. The fourth-order valence-electron chi connectivity index (χ4n) is 3.87. The summed E-state index contributed by atoms with van der Waals surface area (Å²) in [6.45, 7) is 7.96. The number of hydrogen-bond acceptors (Lipinski definition) is 4. The molecule has 166 valence electrons. The Labute approximate surface area is 184 Å². The molecule has 2 amide bonds. The Morgan fingerprint density at radius 2 is 1.81 bits per heavy atom. The molecule has 1 atom stereocenters. The quantitative estimate of drug-likeness (QED) is 0.693. The average molecular weight is 443 g/mol. The molecule has 2 aromatic rings. The Hall–Kier alpha value is -2.67. The van der Waals surface area contributed by atoms with Gasteiger partial charge in [-0.25, -0.2) is 8.42 Å². The second-order valence-corrected chi connectivity index (χ2v) is 10.5. The lowest BCUT2D eigenvalue weighted by Crippen LogP contribution is -2.35. The highest BCUT2D eigenvalue weighted by atomic mass is 32.2. The summed E-state index contributed by atoms with van der Waals surface area (Å²) in [6, 6.07) is 12.4. The molecule has 1 heterocycles. The Morgan fingerprint density at radius 3 is 2.42 bits per heavy atom. The van der Waals surface area contributed by atoms with E-state index < -0.39 is 9.84 Å². The molecular formula is C24H30N2O4S. The molecule has 0 bridgehead atoms. The molecule has 0 unspecified atom stereocenters. The number of benzene rings is 2. The Kier molecular flexibility index (Phi) is 6.84. The van der Waals surface area contributed by atoms with Crippen LogP contribution >= 0.6 is 0 Å². The van der Waals surface area contributed by atoms with Crippen molar-refractivity contribution >= 4 is 33.0 Å². The zero-order valence-corrected chi connectivity index (χ0v) is 19.3. The van der Waals surface area contributed by atoms with Crippen LogP contribution in [0.4, 0.5) is 11.4 Å². The summed E-state index contributed by atoms with van der Waals surface area (Å²) in [7, 11) is -3.61. The lowest BCUT2D eigenvalue weighted by molar-refractivity contribution is -0.118. The number of sulfone groups is 1. The monoisotopic (exact) mass is 442 g/mol. The van der Waals surface area contributed by atoms with Crippen molar-refractivity contribution in [3.05, 3.63) is 53.6 Å². The van der Waals surface area contributed by atoms with Crippen LogP contribution in [0.2, 0.25) is 0 Å². The number of anilines is 2. The van der Waals surface area contributed by atoms with E-state index in [9.17, 15) is 18.0 Å². The van der Waals surface area contributed by atoms with E-state index in [4.69, 9.17) is 0 Å². The van der Waals surface area contributed by atoms with Crippen LogP contribution in [0.15, 0.2) is 47.4 Å². The predicted octanol–water partition coefficient (Wildman–Crippen LogP) is 4.30. The number of hydrogen-bond donors (Lipinski definition) is 1. The van der Waals surface area contributed by atoms with E-state index in [0.29, 0.717) is 24.4 Å². The van der Waals surface area contributed by atoms with Crippen molar-refractivity contribution in [3.8, 4) is 0 Å². The molecule has 0 saturated carbocycles. The van der Waals surface area contributed by atoms with Crippen molar-refractivity contribution < 1.29 is 18.0 Å². The van der Waals surface area contributed by atoms with Gasteiger partial charge >= 0.3 is 0 Å². The maximum atomic E-state index is 12.8. The first-order chi connectivity index (χ1) is 14.6. The lowest BCUT2D eigenvalue weighted by Gasteiger charge is -2.22. The molecule has 2 aromatic carbocycles. The second-order valence-electron chi connectivity index (χ2n) is 8.35. The summed E-state index contributed by atoms with van der Waals surface area (Å²) < 4.78 is 25.6. The molecule has 1 aliphatic rings. The third-order valence-corrected chi connectivity index (χ3v) is 7.37. The largest absolute Gasteiger partial charge is 0.326 e. The van der Waals surface area contributed by atoms with Gasteiger partial charge in [-0.3, -0.25) is 9.59 Å². The van der Waals surface area contributed by atoms with Crippen molar-refractivity contribution in [1.29, 1.82) is 0 Å². The minimum absolute atomic E-state index is 0.00765. The van der Waals surface area contributed by atoms with Crippen molar-refractivity contribution in [3.63, 3.8) is 0 Å². The topological polar surface area (TPSA) is 83.6 Å². The van der Waals surface area contributed by atoms with Crippen molar-refractivity contribution in [2.24, 2.45) is 0 Å². The number of amides is 2. The number of carbonyl (C=O) groups is 2. The van der Waals surface area contributed by atoms with Gasteiger partial charge in [0.15, 0.2) is 9.84 Å². The SMILES string of the molecule is CCC(=O)N1c2ccc(S(=O)(=O)CCC(=O)Nc3ccc(C(C)C)cc3)cc2C[C@@H]1C. The summed E-state index contributed by atoms with van der Waals surface area (Å²) in [4.78, 5) is 26.4. The molecule has 0 saturated heterocycles. The van der Waals surface area contributed by atoms with Gasteiger partial charge in [-0.15, -0.1) is 0 Å². The number of fused-ring (bicyclic) bond motifs is 1. The normalized spacial score (nSPS) is 15.8. The highest BCUT2D eigenvalue weighted by Gasteiger charge is 2.31. The number of rotatable bonds is 7. The summed E-state index contributed by atoms with van der Waals surface area (Å²) in [6.07, 6.45) is 0.901. The van der Waals surface area contributed by atoms with Gasteiger partial charge in [-0.05, 0) is 60.7 Å². The minimum atomic E-state index is -3.61. The van der Waals surface area contributed by atoms with Crippen LogP contribution in [0, 0.1) is 0 Å². The molecule has 0 aliphatic carbocycles. The molecule has 0 radical (unpaired) electrons. The molecular weight excluding hydrogens is 412 g/mol. The standard InChI is InChI=1S/C24H30N2O4S/c1-5-24(28)26-17(4)14-19-15-21(10-11-22(19)26)31(29,30)13-12-23(27)25-20-8-6-18(7-9-20)16(2)3/h6-11,15-17H,5,12-14H2,1-4H3,(H,25,27)/t17-/m0/s1. The van der Waals surface area contributed by atoms with Gasteiger partial charge in [0.1, 0.15) is 0 Å². The predicted molar refractivity (Wildman–Crippen MR) is 123 cm³/mol. The van der Waals surface area contributed by atoms with Crippen molar-refractivity contribution in [2.75, 3.05) is 16.0 Å². The summed E-state index contributed by atoms with van der Waals surface area (Å²) >= 11 is 0. The fraction of sp³-hybridized carbons (Fsp3) is 0.417. The molecule has 1 N–H and O–H groups in total. The zero-order chi connectivity index (χ0) is 22.8. The Morgan fingerprint density at radius 1 is 1.13 bits per heavy atom. The second kappa shape index (κ2) is 9.22.